The van der Waals surface area contributed by atoms with E-state index in [0.29, 0.717) is 0 Å². The van der Waals surface area contributed by atoms with Gasteiger partial charge < -0.3 is 11.1 Å². The van der Waals surface area contributed by atoms with Crippen molar-refractivity contribution in [1.29, 1.82) is 0 Å². The summed E-state index contributed by atoms with van der Waals surface area (Å²) in [5, 5.41) is 4.11. The van der Waals surface area contributed by atoms with Gasteiger partial charge in [-0.1, -0.05) is 0 Å². The summed E-state index contributed by atoms with van der Waals surface area (Å²) in [4.78, 5) is 5.36. The molecule has 1 atom stereocenters. The second-order valence-corrected chi connectivity index (χ2v) is 3.87. The molecule has 3 N–H and O–H groups in total. The fraction of sp³-hybridized carbons (Fsp3) is 0.571. The van der Waals surface area contributed by atoms with Gasteiger partial charge in [-0.25, -0.2) is 4.98 Å². The van der Waals surface area contributed by atoms with Gasteiger partial charge in [-0.15, -0.1) is 11.3 Å². The molecule has 4 heteroatoms. The van der Waals surface area contributed by atoms with E-state index in [-0.39, 0.29) is 6.04 Å². The van der Waals surface area contributed by atoms with Crippen LogP contribution in [0, 0.1) is 6.92 Å². The fourth-order valence-electron chi connectivity index (χ4n) is 0.685. The Balaban J connectivity index is 2.39. The van der Waals surface area contributed by atoms with Crippen LogP contribution in [0.3, 0.4) is 0 Å². The highest BCUT2D eigenvalue weighted by molar-refractivity contribution is 7.15. The molecule has 0 bridgehead atoms. The van der Waals surface area contributed by atoms with Crippen LogP contribution in [0.2, 0.25) is 0 Å². The molecule has 1 unspecified atom stereocenters. The van der Waals surface area contributed by atoms with E-state index >= 15 is 0 Å². The highest BCUT2D eigenvalue weighted by atomic mass is 32.1. The first-order chi connectivity index (χ1) is 5.18. The summed E-state index contributed by atoms with van der Waals surface area (Å²) in [5.74, 6) is 0. The van der Waals surface area contributed by atoms with E-state index in [4.69, 9.17) is 5.73 Å². The Morgan fingerprint density at radius 3 is 3.00 bits per heavy atom. The molecular weight excluding hydrogens is 158 g/mol. The summed E-state index contributed by atoms with van der Waals surface area (Å²) in [6.45, 7) is 4.79. The molecule has 0 amide bonds. The summed E-state index contributed by atoms with van der Waals surface area (Å²) in [6, 6.07) is 0.180. The molecule has 0 aromatic carbocycles. The average Bonchev–Trinajstić information content (AvgIpc) is 2.31. The van der Waals surface area contributed by atoms with Gasteiger partial charge >= 0.3 is 0 Å². The van der Waals surface area contributed by atoms with Crippen molar-refractivity contribution in [2.75, 3.05) is 11.9 Å². The van der Waals surface area contributed by atoms with Gasteiger partial charge in [0.25, 0.3) is 0 Å². The summed E-state index contributed by atoms with van der Waals surface area (Å²) in [7, 11) is 0. The lowest BCUT2D eigenvalue weighted by Gasteiger charge is -2.04. The lowest BCUT2D eigenvalue weighted by molar-refractivity contribution is 0.779. The molecule has 0 saturated carbocycles. The monoisotopic (exact) mass is 171 g/mol. The molecule has 11 heavy (non-hydrogen) atoms. The van der Waals surface area contributed by atoms with Crippen molar-refractivity contribution >= 4 is 16.5 Å². The van der Waals surface area contributed by atoms with Gasteiger partial charge in [0.2, 0.25) is 0 Å². The van der Waals surface area contributed by atoms with Gasteiger partial charge in [-0.3, -0.25) is 0 Å². The maximum absolute atomic E-state index is 5.56. The first kappa shape index (κ1) is 8.49. The van der Waals surface area contributed by atoms with Crippen molar-refractivity contribution in [2.45, 2.75) is 19.9 Å². The number of hydrogen-bond acceptors (Lipinski definition) is 4. The molecule has 1 heterocycles. The van der Waals surface area contributed by atoms with E-state index in [9.17, 15) is 0 Å². The molecule has 1 aromatic heterocycles. The van der Waals surface area contributed by atoms with Crippen LogP contribution in [0.5, 0.6) is 0 Å². The van der Waals surface area contributed by atoms with Gasteiger partial charge in [-0.2, -0.15) is 0 Å². The maximum atomic E-state index is 5.56. The molecule has 3 nitrogen and oxygen atoms in total. The van der Waals surface area contributed by atoms with Crippen molar-refractivity contribution in [3.05, 3.63) is 11.1 Å². The Morgan fingerprint density at radius 1 is 1.82 bits per heavy atom. The SMILES string of the molecule is Cc1cnc(NCC(C)N)s1. The number of nitrogens with zero attached hydrogens (tertiary/aromatic N) is 1. The number of nitrogens with two attached hydrogens (primary N) is 1. The zero-order valence-electron chi connectivity index (χ0n) is 6.79. The first-order valence-electron chi connectivity index (χ1n) is 3.60. The van der Waals surface area contributed by atoms with Crippen LogP contribution >= 0.6 is 11.3 Å². The average molecular weight is 171 g/mol. The Labute approximate surface area is 70.6 Å². The third-order valence-corrected chi connectivity index (χ3v) is 2.07. The smallest absolute Gasteiger partial charge is 0.182 e. The standard InChI is InChI=1S/C7H13N3S/c1-5(8)3-9-7-10-4-6(2)11-7/h4-5H,3,8H2,1-2H3,(H,9,10). The Bertz CT molecular complexity index is 219. The molecule has 62 valence electrons. The summed E-state index contributed by atoms with van der Waals surface area (Å²) < 4.78 is 0. The van der Waals surface area contributed by atoms with Crippen LogP contribution in [0.1, 0.15) is 11.8 Å². The van der Waals surface area contributed by atoms with Gasteiger partial charge in [0, 0.05) is 23.7 Å². The van der Waals surface area contributed by atoms with Crippen LogP contribution in [0.25, 0.3) is 0 Å². The third kappa shape index (κ3) is 2.86. The molecule has 0 spiro atoms. The molecule has 0 saturated heterocycles. The minimum atomic E-state index is 0.180. The number of hydrogen-bond donors (Lipinski definition) is 2. The van der Waals surface area contributed by atoms with Crippen LogP contribution in [0.15, 0.2) is 6.20 Å². The highest BCUT2D eigenvalue weighted by Crippen LogP contribution is 2.15. The minimum Gasteiger partial charge on any atom is -0.360 e. The fourth-order valence-corrected chi connectivity index (χ4v) is 1.36. The number of nitrogens with one attached hydrogen (secondary N) is 1. The predicted octanol–water partition coefficient (Wildman–Crippen LogP) is 1.21. The van der Waals surface area contributed by atoms with Crippen molar-refractivity contribution in [2.24, 2.45) is 5.73 Å². The number of rotatable bonds is 3. The molecule has 1 aromatic rings. The van der Waals surface area contributed by atoms with Gasteiger partial charge in [0.05, 0.1) is 0 Å². The van der Waals surface area contributed by atoms with Gasteiger partial charge in [0.15, 0.2) is 5.13 Å². The van der Waals surface area contributed by atoms with Gasteiger partial charge in [-0.05, 0) is 13.8 Å². The lowest BCUT2D eigenvalue weighted by Crippen LogP contribution is -2.25. The van der Waals surface area contributed by atoms with E-state index in [1.165, 1.54) is 4.88 Å². The number of aryl methyl sites for hydroxylation is 1. The molecule has 0 aliphatic rings. The molecular formula is C7H13N3S. The van der Waals surface area contributed by atoms with Crippen molar-refractivity contribution in [3.63, 3.8) is 0 Å². The van der Waals surface area contributed by atoms with Crippen LogP contribution in [0.4, 0.5) is 5.13 Å². The number of anilines is 1. The summed E-state index contributed by atoms with van der Waals surface area (Å²) in [5.41, 5.74) is 5.56. The maximum Gasteiger partial charge on any atom is 0.182 e. The van der Waals surface area contributed by atoms with Crippen molar-refractivity contribution in [3.8, 4) is 0 Å². The number of thiazole rings is 1. The molecule has 0 fully saturated rings. The van der Waals surface area contributed by atoms with Crippen LogP contribution in [-0.2, 0) is 0 Å². The van der Waals surface area contributed by atoms with Crippen molar-refractivity contribution < 1.29 is 0 Å². The van der Waals surface area contributed by atoms with E-state index in [1.54, 1.807) is 11.3 Å². The normalized spacial score (nSPS) is 13.0. The Kier molecular flexibility index (Phi) is 2.84. The molecule has 0 aliphatic heterocycles. The zero-order chi connectivity index (χ0) is 8.27. The molecule has 1 rings (SSSR count). The largest absolute Gasteiger partial charge is 0.360 e. The topological polar surface area (TPSA) is 50.9 Å². The lowest BCUT2D eigenvalue weighted by atomic mass is 10.4. The zero-order valence-corrected chi connectivity index (χ0v) is 7.61. The minimum absolute atomic E-state index is 0.180. The molecule has 0 radical (unpaired) electrons. The quantitative estimate of drug-likeness (QED) is 0.718. The van der Waals surface area contributed by atoms with E-state index in [1.807, 2.05) is 20.0 Å². The van der Waals surface area contributed by atoms with Crippen LogP contribution < -0.4 is 11.1 Å². The summed E-state index contributed by atoms with van der Waals surface area (Å²) in [6.07, 6.45) is 1.86. The second kappa shape index (κ2) is 3.69. The van der Waals surface area contributed by atoms with E-state index < -0.39 is 0 Å². The number of aromatic nitrogens is 1. The van der Waals surface area contributed by atoms with E-state index in [2.05, 4.69) is 10.3 Å². The first-order valence-corrected chi connectivity index (χ1v) is 4.42. The second-order valence-electron chi connectivity index (χ2n) is 2.63. The molecule has 0 aliphatic carbocycles. The van der Waals surface area contributed by atoms with Crippen molar-refractivity contribution in [1.82, 2.24) is 4.98 Å². The van der Waals surface area contributed by atoms with E-state index in [0.717, 1.165) is 11.7 Å². The highest BCUT2D eigenvalue weighted by Gasteiger charge is 1.97. The third-order valence-electron chi connectivity index (χ3n) is 1.20. The Morgan fingerprint density at radius 2 is 2.55 bits per heavy atom. The van der Waals surface area contributed by atoms with Gasteiger partial charge in [0.1, 0.15) is 0 Å². The Hall–Kier alpha value is -0.610. The predicted molar refractivity (Wildman–Crippen MR) is 49.0 cm³/mol. The summed E-state index contributed by atoms with van der Waals surface area (Å²) >= 11 is 1.65. The van der Waals surface area contributed by atoms with Crippen LogP contribution in [-0.4, -0.2) is 17.6 Å².